The Balaban J connectivity index is 1.54. The SMILES string of the molecule is CSc1cccc(C(=O)c2cnc(N3CC4CCC4C3)s2)c1. The molecule has 2 atom stereocenters. The van der Waals surface area contributed by atoms with Gasteiger partial charge in [0.15, 0.2) is 5.13 Å². The van der Waals surface area contributed by atoms with Crippen LogP contribution in [0.15, 0.2) is 35.4 Å². The zero-order chi connectivity index (χ0) is 15.1. The van der Waals surface area contributed by atoms with E-state index in [4.69, 9.17) is 0 Å². The molecule has 1 saturated heterocycles. The molecule has 114 valence electrons. The molecule has 5 heteroatoms. The first-order valence-corrected chi connectivity index (χ1v) is 9.68. The van der Waals surface area contributed by atoms with Crippen molar-refractivity contribution in [3.05, 3.63) is 40.9 Å². The normalized spacial score (nSPS) is 23.2. The second kappa shape index (κ2) is 5.70. The van der Waals surface area contributed by atoms with Gasteiger partial charge in [-0.25, -0.2) is 4.98 Å². The molecule has 0 N–H and O–H groups in total. The number of carbonyl (C=O) groups is 1. The summed E-state index contributed by atoms with van der Waals surface area (Å²) in [4.78, 5) is 21.4. The fourth-order valence-electron chi connectivity index (χ4n) is 3.34. The van der Waals surface area contributed by atoms with Crippen LogP contribution in [0, 0.1) is 11.8 Å². The van der Waals surface area contributed by atoms with Crippen molar-refractivity contribution in [3.8, 4) is 0 Å². The molecule has 2 fully saturated rings. The smallest absolute Gasteiger partial charge is 0.204 e. The average molecular weight is 330 g/mol. The molecule has 1 saturated carbocycles. The van der Waals surface area contributed by atoms with Crippen molar-refractivity contribution >= 4 is 34.0 Å². The Morgan fingerprint density at radius 3 is 2.77 bits per heavy atom. The summed E-state index contributed by atoms with van der Waals surface area (Å²) < 4.78 is 0. The molecule has 0 spiro atoms. The molecule has 1 aromatic carbocycles. The summed E-state index contributed by atoms with van der Waals surface area (Å²) in [6.45, 7) is 2.24. The van der Waals surface area contributed by atoms with E-state index in [1.807, 2.05) is 30.5 Å². The van der Waals surface area contributed by atoms with Crippen LogP contribution < -0.4 is 4.90 Å². The maximum Gasteiger partial charge on any atom is 0.204 e. The maximum absolute atomic E-state index is 12.6. The summed E-state index contributed by atoms with van der Waals surface area (Å²) >= 11 is 3.19. The number of hydrogen-bond donors (Lipinski definition) is 0. The first kappa shape index (κ1) is 14.3. The Morgan fingerprint density at radius 2 is 2.09 bits per heavy atom. The Bertz CT molecular complexity index is 700. The molecule has 1 aliphatic carbocycles. The number of rotatable bonds is 4. The van der Waals surface area contributed by atoms with Gasteiger partial charge in [0.1, 0.15) is 0 Å². The van der Waals surface area contributed by atoms with Gasteiger partial charge in [0.2, 0.25) is 5.78 Å². The van der Waals surface area contributed by atoms with Crippen molar-refractivity contribution in [2.75, 3.05) is 24.2 Å². The summed E-state index contributed by atoms with van der Waals surface area (Å²) in [5.41, 5.74) is 0.753. The molecule has 2 aromatic rings. The Labute approximate surface area is 138 Å². The zero-order valence-electron chi connectivity index (χ0n) is 12.5. The van der Waals surface area contributed by atoms with Crippen LogP contribution in [-0.4, -0.2) is 30.1 Å². The van der Waals surface area contributed by atoms with Gasteiger partial charge in [-0.15, -0.1) is 11.8 Å². The van der Waals surface area contributed by atoms with Gasteiger partial charge in [-0.3, -0.25) is 4.79 Å². The van der Waals surface area contributed by atoms with Crippen LogP contribution in [0.5, 0.6) is 0 Å². The number of nitrogens with zero attached hydrogens (tertiary/aromatic N) is 2. The van der Waals surface area contributed by atoms with Gasteiger partial charge in [0.05, 0.1) is 11.1 Å². The van der Waals surface area contributed by atoms with E-state index >= 15 is 0 Å². The monoisotopic (exact) mass is 330 g/mol. The predicted octanol–water partition coefficient (Wildman–Crippen LogP) is 3.94. The van der Waals surface area contributed by atoms with Crippen molar-refractivity contribution in [2.45, 2.75) is 17.7 Å². The van der Waals surface area contributed by atoms with Gasteiger partial charge in [0, 0.05) is 23.5 Å². The minimum Gasteiger partial charge on any atom is -0.348 e. The van der Waals surface area contributed by atoms with Crippen molar-refractivity contribution in [1.29, 1.82) is 0 Å². The molecule has 0 amide bonds. The molecule has 2 aliphatic rings. The van der Waals surface area contributed by atoms with Gasteiger partial charge in [0.25, 0.3) is 0 Å². The van der Waals surface area contributed by atoms with E-state index in [9.17, 15) is 4.79 Å². The average Bonchev–Trinajstić information content (AvgIpc) is 3.12. The molecule has 0 bridgehead atoms. The predicted molar refractivity (Wildman–Crippen MR) is 92.2 cm³/mol. The molecule has 4 rings (SSSR count). The Morgan fingerprint density at radius 1 is 1.32 bits per heavy atom. The third-order valence-electron chi connectivity index (χ3n) is 4.80. The third-order valence-corrected chi connectivity index (χ3v) is 6.59. The van der Waals surface area contributed by atoms with Crippen molar-refractivity contribution < 1.29 is 4.79 Å². The van der Waals surface area contributed by atoms with E-state index in [2.05, 4.69) is 9.88 Å². The summed E-state index contributed by atoms with van der Waals surface area (Å²) in [5.74, 6) is 1.81. The summed E-state index contributed by atoms with van der Waals surface area (Å²) in [6, 6.07) is 7.82. The summed E-state index contributed by atoms with van der Waals surface area (Å²) in [6.07, 6.45) is 6.49. The summed E-state index contributed by atoms with van der Waals surface area (Å²) in [7, 11) is 0. The van der Waals surface area contributed by atoms with Gasteiger partial charge in [-0.1, -0.05) is 23.5 Å². The second-order valence-corrected chi connectivity index (χ2v) is 7.96. The van der Waals surface area contributed by atoms with Crippen LogP contribution in [0.2, 0.25) is 0 Å². The number of anilines is 1. The lowest BCUT2D eigenvalue weighted by atomic mass is 9.77. The lowest BCUT2D eigenvalue weighted by Gasteiger charge is -2.27. The van der Waals surface area contributed by atoms with Gasteiger partial charge >= 0.3 is 0 Å². The molecule has 3 nitrogen and oxygen atoms in total. The summed E-state index contributed by atoms with van der Waals surface area (Å²) in [5, 5.41) is 1.01. The number of thiazole rings is 1. The minimum atomic E-state index is 0.0850. The third kappa shape index (κ3) is 2.46. The van der Waals surface area contributed by atoms with Crippen molar-refractivity contribution in [2.24, 2.45) is 11.8 Å². The van der Waals surface area contributed by atoms with Crippen molar-refractivity contribution in [3.63, 3.8) is 0 Å². The fraction of sp³-hybridized carbons (Fsp3) is 0.412. The number of benzene rings is 1. The van der Waals surface area contributed by atoms with E-state index in [0.29, 0.717) is 0 Å². The highest BCUT2D eigenvalue weighted by Gasteiger charge is 2.40. The lowest BCUT2D eigenvalue weighted by Crippen LogP contribution is -2.22. The largest absolute Gasteiger partial charge is 0.348 e. The number of carbonyl (C=O) groups excluding carboxylic acids is 1. The number of ketones is 1. The zero-order valence-corrected chi connectivity index (χ0v) is 14.1. The van der Waals surface area contributed by atoms with Crippen LogP contribution in [0.3, 0.4) is 0 Å². The fourth-order valence-corrected chi connectivity index (χ4v) is 4.69. The lowest BCUT2D eigenvalue weighted by molar-refractivity contribution is 0.104. The highest BCUT2D eigenvalue weighted by atomic mass is 32.2. The Hall–Kier alpha value is -1.33. The van der Waals surface area contributed by atoms with E-state index in [1.165, 1.54) is 24.2 Å². The van der Waals surface area contributed by atoms with E-state index in [-0.39, 0.29) is 5.78 Å². The van der Waals surface area contributed by atoms with E-state index in [1.54, 1.807) is 18.0 Å². The Kier molecular flexibility index (Phi) is 3.70. The minimum absolute atomic E-state index is 0.0850. The molecular formula is C17H18N2OS2. The van der Waals surface area contributed by atoms with Crippen LogP contribution in [-0.2, 0) is 0 Å². The van der Waals surface area contributed by atoms with Crippen LogP contribution in [0.4, 0.5) is 5.13 Å². The first-order chi connectivity index (χ1) is 10.7. The van der Waals surface area contributed by atoms with Gasteiger partial charge < -0.3 is 4.90 Å². The van der Waals surface area contributed by atoms with Gasteiger partial charge in [-0.2, -0.15) is 0 Å². The number of aromatic nitrogens is 1. The maximum atomic E-state index is 12.6. The highest BCUT2D eigenvalue weighted by Crippen LogP contribution is 2.42. The van der Waals surface area contributed by atoms with Crippen LogP contribution in [0.25, 0.3) is 0 Å². The second-order valence-electron chi connectivity index (χ2n) is 6.07. The number of fused-ring (bicyclic) bond motifs is 1. The standard InChI is InChI=1S/C17H18N2OS2/c1-21-14-4-2-3-11(7-14)16(20)15-8-18-17(22-15)19-9-12-5-6-13(12)10-19/h2-4,7-8,12-13H,5-6,9-10H2,1H3. The van der Waals surface area contributed by atoms with Gasteiger partial charge in [-0.05, 0) is 43.1 Å². The quantitative estimate of drug-likeness (QED) is 0.628. The molecule has 1 aromatic heterocycles. The topological polar surface area (TPSA) is 33.2 Å². The number of hydrogen-bond acceptors (Lipinski definition) is 5. The molecule has 1 aliphatic heterocycles. The highest BCUT2D eigenvalue weighted by molar-refractivity contribution is 7.98. The molecule has 22 heavy (non-hydrogen) atoms. The molecule has 0 radical (unpaired) electrons. The van der Waals surface area contributed by atoms with Crippen LogP contribution in [0.1, 0.15) is 28.1 Å². The van der Waals surface area contributed by atoms with Crippen LogP contribution >= 0.6 is 23.1 Å². The molecular weight excluding hydrogens is 312 g/mol. The first-order valence-electron chi connectivity index (χ1n) is 7.64. The van der Waals surface area contributed by atoms with E-state index < -0.39 is 0 Å². The number of thioether (sulfide) groups is 1. The molecule has 2 heterocycles. The van der Waals surface area contributed by atoms with E-state index in [0.717, 1.165) is 45.4 Å². The molecule has 2 unspecified atom stereocenters. The van der Waals surface area contributed by atoms with Crippen molar-refractivity contribution in [1.82, 2.24) is 4.98 Å².